The van der Waals surface area contributed by atoms with E-state index in [9.17, 15) is 9.59 Å². The summed E-state index contributed by atoms with van der Waals surface area (Å²) in [4.78, 5) is 27.7. The number of amides is 2. The number of nitrogens with zero attached hydrogens (tertiary/aromatic N) is 3. The van der Waals surface area contributed by atoms with Crippen LogP contribution in [0.4, 0.5) is 0 Å². The van der Waals surface area contributed by atoms with Crippen LogP contribution in [0, 0.1) is 13.8 Å². The molecule has 7 nitrogen and oxygen atoms in total. The second-order valence-corrected chi connectivity index (χ2v) is 7.36. The van der Waals surface area contributed by atoms with E-state index in [-0.39, 0.29) is 18.2 Å². The van der Waals surface area contributed by atoms with Crippen LogP contribution in [0.1, 0.15) is 28.1 Å². The van der Waals surface area contributed by atoms with Gasteiger partial charge in [-0.2, -0.15) is 0 Å². The lowest BCUT2D eigenvalue weighted by Gasteiger charge is -2.34. The predicted octanol–water partition coefficient (Wildman–Crippen LogP) is 1.16. The Morgan fingerprint density at radius 2 is 2.12 bits per heavy atom. The minimum atomic E-state index is -0.453. The number of piperazine rings is 1. The number of carbonyl (C=O) groups is 2. The van der Waals surface area contributed by atoms with E-state index in [1.807, 2.05) is 13.8 Å². The standard InChI is InChI=1S/C18H23N5O2S/c1-12-3-5-14(6-4-12)11-23-8-7-19-18(25)15(23)9-17(24)20-10-16-13(2)21-22-26-16/h3-6,15H,7-11H2,1-2H3,(H,19,25)(H,20,24)/t15-/m1/s1. The Morgan fingerprint density at radius 3 is 2.81 bits per heavy atom. The summed E-state index contributed by atoms with van der Waals surface area (Å²) in [5.74, 6) is -0.233. The van der Waals surface area contributed by atoms with Gasteiger partial charge in [-0.15, -0.1) is 5.10 Å². The van der Waals surface area contributed by atoms with E-state index in [2.05, 4.69) is 49.4 Å². The van der Waals surface area contributed by atoms with E-state index in [1.54, 1.807) is 0 Å². The van der Waals surface area contributed by atoms with Crippen LogP contribution < -0.4 is 10.6 Å². The van der Waals surface area contributed by atoms with Gasteiger partial charge in [-0.3, -0.25) is 14.5 Å². The van der Waals surface area contributed by atoms with Gasteiger partial charge < -0.3 is 10.6 Å². The molecule has 2 aromatic rings. The minimum Gasteiger partial charge on any atom is -0.353 e. The number of nitrogens with one attached hydrogen (secondary N) is 2. The molecule has 138 valence electrons. The third-order valence-corrected chi connectivity index (χ3v) is 5.34. The third-order valence-electron chi connectivity index (χ3n) is 4.52. The zero-order chi connectivity index (χ0) is 18.5. The molecule has 2 N–H and O–H groups in total. The Hall–Kier alpha value is -2.32. The Kier molecular flexibility index (Phi) is 5.95. The first-order valence-corrected chi connectivity index (χ1v) is 9.42. The number of aryl methyl sites for hydroxylation is 2. The van der Waals surface area contributed by atoms with Gasteiger partial charge in [-0.1, -0.05) is 34.3 Å². The lowest BCUT2D eigenvalue weighted by molar-refractivity contribution is -0.134. The average Bonchev–Trinajstić information content (AvgIpc) is 3.03. The van der Waals surface area contributed by atoms with E-state index in [0.717, 1.165) is 22.7 Å². The maximum absolute atomic E-state index is 12.4. The normalized spacial score (nSPS) is 17.8. The van der Waals surface area contributed by atoms with E-state index in [1.165, 1.54) is 17.1 Å². The van der Waals surface area contributed by atoms with Gasteiger partial charge in [-0.25, -0.2) is 0 Å². The number of rotatable bonds is 6. The Morgan fingerprint density at radius 1 is 1.35 bits per heavy atom. The fraction of sp³-hybridized carbons (Fsp3) is 0.444. The fourth-order valence-electron chi connectivity index (χ4n) is 2.94. The molecule has 1 aromatic carbocycles. The van der Waals surface area contributed by atoms with Crippen molar-refractivity contribution in [3.05, 3.63) is 46.0 Å². The molecule has 0 spiro atoms. The molecule has 0 aliphatic carbocycles. The Labute approximate surface area is 157 Å². The largest absolute Gasteiger partial charge is 0.353 e. The van der Waals surface area contributed by atoms with Gasteiger partial charge in [-0.05, 0) is 30.9 Å². The van der Waals surface area contributed by atoms with Gasteiger partial charge in [0.05, 0.1) is 29.6 Å². The van der Waals surface area contributed by atoms with Crippen LogP contribution in [0.25, 0.3) is 0 Å². The monoisotopic (exact) mass is 373 g/mol. The first-order valence-electron chi connectivity index (χ1n) is 8.65. The van der Waals surface area contributed by atoms with E-state index in [4.69, 9.17) is 0 Å². The fourth-order valence-corrected chi connectivity index (χ4v) is 3.51. The van der Waals surface area contributed by atoms with Crippen molar-refractivity contribution >= 4 is 23.3 Å². The molecule has 0 radical (unpaired) electrons. The van der Waals surface area contributed by atoms with Gasteiger partial charge in [0.15, 0.2) is 0 Å². The van der Waals surface area contributed by atoms with Crippen LogP contribution >= 0.6 is 11.5 Å². The van der Waals surface area contributed by atoms with E-state index >= 15 is 0 Å². The molecule has 1 saturated heterocycles. The van der Waals surface area contributed by atoms with Crippen molar-refractivity contribution in [3.63, 3.8) is 0 Å². The average molecular weight is 373 g/mol. The van der Waals surface area contributed by atoms with Crippen LogP contribution in [-0.2, 0) is 22.7 Å². The number of carbonyl (C=O) groups excluding carboxylic acids is 2. The molecule has 2 amide bonds. The molecule has 1 atom stereocenters. The zero-order valence-corrected chi connectivity index (χ0v) is 15.8. The SMILES string of the molecule is Cc1ccc(CN2CCNC(=O)[C@H]2CC(=O)NCc2snnc2C)cc1. The van der Waals surface area contributed by atoms with Crippen LogP contribution in [0.15, 0.2) is 24.3 Å². The van der Waals surface area contributed by atoms with Gasteiger partial charge in [0.2, 0.25) is 11.8 Å². The topological polar surface area (TPSA) is 87.2 Å². The van der Waals surface area contributed by atoms with Gasteiger partial charge in [0, 0.05) is 19.6 Å². The molecular weight excluding hydrogens is 350 g/mol. The molecule has 1 aliphatic heterocycles. The maximum Gasteiger partial charge on any atom is 0.237 e. The molecule has 8 heteroatoms. The highest BCUT2D eigenvalue weighted by molar-refractivity contribution is 7.05. The van der Waals surface area contributed by atoms with Crippen molar-refractivity contribution < 1.29 is 9.59 Å². The highest BCUT2D eigenvalue weighted by atomic mass is 32.1. The molecule has 1 aliphatic rings. The van der Waals surface area contributed by atoms with Crippen molar-refractivity contribution in [2.45, 2.75) is 39.4 Å². The molecular formula is C18H23N5O2S. The highest BCUT2D eigenvalue weighted by Gasteiger charge is 2.31. The first kappa shape index (κ1) is 18.5. The summed E-state index contributed by atoms with van der Waals surface area (Å²) < 4.78 is 3.86. The summed E-state index contributed by atoms with van der Waals surface area (Å²) in [5.41, 5.74) is 3.17. The minimum absolute atomic E-state index is 0.0888. The van der Waals surface area contributed by atoms with Crippen molar-refractivity contribution in [2.75, 3.05) is 13.1 Å². The molecule has 2 heterocycles. The van der Waals surface area contributed by atoms with Crippen molar-refractivity contribution in [2.24, 2.45) is 0 Å². The maximum atomic E-state index is 12.4. The van der Waals surface area contributed by atoms with Crippen molar-refractivity contribution in [1.82, 2.24) is 25.1 Å². The van der Waals surface area contributed by atoms with Crippen LogP contribution in [0.2, 0.25) is 0 Å². The Balaban J connectivity index is 1.60. The third kappa shape index (κ3) is 4.64. The summed E-state index contributed by atoms with van der Waals surface area (Å²) in [6, 6.07) is 7.81. The molecule has 1 aromatic heterocycles. The second kappa shape index (κ2) is 8.37. The quantitative estimate of drug-likeness (QED) is 0.793. The highest BCUT2D eigenvalue weighted by Crippen LogP contribution is 2.15. The molecule has 0 saturated carbocycles. The summed E-state index contributed by atoms with van der Waals surface area (Å²) >= 11 is 1.28. The number of hydrogen-bond donors (Lipinski definition) is 2. The molecule has 26 heavy (non-hydrogen) atoms. The first-order chi connectivity index (χ1) is 12.5. The van der Waals surface area contributed by atoms with Gasteiger partial charge >= 0.3 is 0 Å². The summed E-state index contributed by atoms with van der Waals surface area (Å²) in [6.07, 6.45) is 0.142. The van der Waals surface area contributed by atoms with Crippen LogP contribution in [-0.4, -0.2) is 45.4 Å². The Bertz CT molecular complexity index is 774. The van der Waals surface area contributed by atoms with Crippen LogP contribution in [0.3, 0.4) is 0 Å². The number of benzene rings is 1. The van der Waals surface area contributed by atoms with Crippen molar-refractivity contribution in [1.29, 1.82) is 0 Å². The molecule has 0 unspecified atom stereocenters. The number of aromatic nitrogens is 2. The number of hydrogen-bond acceptors (Lipinski definition) is 6. The lowest BCUT2D eigenvalue weighted by atomic mass is 10.1. The molecule has 1 fully saturated rings. The molecule has 0 bridgehead atoms. The van der Waals surface area contributed by atoms with Gasteiger partial charge in [0.1, 0.15) is 0 Å². The van der Waals surface area contributed by atoms with Crippen LogP contribution in [0.5, 0.6) is 0 Å². The zero-order valence-electron chi connectivity index (χ0n) is 15.0. The molecule has 3 rings (SSSR count). The lowest BCUT2D eigenvalue weighted by Crippen LogP contribution is -2.56. The predicted molar refractivity (Wildman–Crippen MR) is 99.5 cm³/mol. The van der Waals surface area contributed by atoms with Crippen molar-refractivity contribution in [3.8, 4) is 0 Å². The summed E-state index contributed by atoms with van der Waals surface area (Å²) in [6.45, 7) is 6.30. The second-order valence-electron chi connectivity index (χ2n) is 6.53. The van der Waals surface area contributed by atoms with E-state index < -0.39 is 6.04 Å². The van der Waals surface area contributed by atoms with Gasteiger partial charge in [0.25, 0.3) is 0 Å². The van der Waals surface area contributed by atoms with E-state index in [0.29, 0.717) is 19.6 Å². The summed E-state index contributed by atoms with van der Waals surface area (Å²) in [5, 5.41) is 9.67. The summed E-state index contributed by atoms with van der Waals surface area (Å²) in [7, 11) is 0. The smallest absolute Gasteiger partial charge is 0.237 e.